The van der Waals surface area contributed by atoms with Crippen LogP contribution in [0.4, 0.5) is 14.5 Å². The summed E-state index contributed by atoms with van der Waals surface area (Å²) in [6.07, 6.45) is 0. The summed E-state index contributed by atoms with van der Waals surface area (Å²) in [6, 6.07) is 12.0. The molecule has 0 fully saturated rings. The van der Waals surface area contributed by atoms with Crippen molar-refractivity contribution in [1.82, 2.24) is 0 Å². The molecule has 0 amide bonds. The van der Waals surface area contributed by atoms with E-state index in [1.54, 1.807) is 24.3 Å². The molecule has 1 N–H and O–H groups in total. The molecule has 0 atom stereocenters. The third-order valence-electron chi connectivity index (χ3n) is 2.46. The monoisotopic (exact) mass is 246 g/mol. The summed E-state index contributed by atoms with van der Waals surface area (Å²) < 4.78 is 25.4. The van der Waals surface area contributed by atoms with Gasteiger partial charge in [0.2, 0.25) is 0 Å². The molecule has 0 saturated carbocycles. The van der Waals surface area contributed by atoms with E-state index in [4.69, 9.17) is 0 Å². The summed E-state index contributed by atoms with van der Waals surface area (Å²) in [6.45, 7) is 1.81. The lowest BCUT2D eigenvalue weighted by atomic mass is 10.1. The summed E-state index contributed by atoms with van der Waals surface area (Å²) in [5.74, 6) is -0.571. The smallest absolute Gasteiger partial charge is 0.123 e. The number of nitrogens with one attached hydrogen (secondary N) is 1. The molecule has 2 aromatic rings. The Labute approximate surface area is 104 Å². The summed E-state index contributed by atoms with van der Waals surface area (Å²) in [4.78, 5) is 0. The van der Waals surface area contributed by atoms with Gasteiger partial charge in [-0.05, 0) is 48.9 Å². The quantitative estimate of drug-likeness (QED) is 0.646. The zero-order chi connectivity index (χ0) is 13.0. The molecule has 0 radical (unpaired) electrons. The molecule has 0 aromatic heterocycles. The van der Waals surface area contributed by atoms with Crippen molar-refractivity contribution in [3.63, 3.8) is 0 Å². The summed E-state index contributed by atoms with van der Waals surface area (Å²) >= 11 is 0. The first-order chi connectivity index (χ1) is 8.65. The lowest BCUT2D eigenvalue weighted by Crippen LogP contribution is -1.99. The Balaban J connectivity index is 2.09. The average molecular weight is 246 g/mol. The van der Waals surface area contributed by atoms with Crippen LogP contribution in [0.2, 0.25) is 0 Å². The second kappa shape index (κ2) is 5.40. The van der Waals surface area contributed by atoms with E-state index in [0.717, 1.165) is 11.3 Å². The van der Waals surface area contributed by atoms with Crippen molar-refractivity contribution in [2.45, 2.75) is 6.92 Å². The molecule has 18 heavy (non-hydrogen) atoms. The van der Waals surface area contributed by atoms with Gasteiger partial charge < -0.3 is 0 Å². The molecule has 0 heterocycles. The molecular formula is C14H12F2N2. The second-order valence-corrected chi connectivity index (χ2v) is 3.82. The van der Waals surface area contributed by atoms with Crippen molar-refractivity contribution in [2.24, 2.45) is 5.10 Å². The number of hydrazone groups is 1. The van der Waals surface area contributed by atoms with E-state index in [1.165, 1.54) is 24.3 Å². The van der Waals surface area contributed by atoms with Crippen LogP contribution in [-0.4, -0.2) is 5.71 Å². The highest BCUT2D eigenvalue weighted by Crippen LogP contribution is 2.09. The maximum atomic E-state index is 12.7. The number of rotatable bonds is 3. The van der Waals surface area contributed by atoms with Gasteiger partial charge in [-0.3, -0.25) is 5.43 Å². The fraction of sp³-hybridized carbons (Fsp3) is 0.0714. The molecule has 2 rings (SSSR count). The molecular weight excluding hydrogens is 234 g/mol. The molecule has 0 unspecified atom stereocenters. The molecule has 0 aliphatic carbocycles. The highest BCUT2D eigenvalue weighted by atomic mass is 19.1. The molecule has 0 spiro atoms. The fourth-order valence-corrected chi connectivity index (χ4v) is 1.43. The van der Waals surface area contributed by atoms with Crippen LogP contribution in [0.3, 0.4) is 0 Å². The number of hydrogen-bond donors (Lipinski definition) is 1. The zero-order valence-electron chi connectivity index (χ0n) is 9.82. The summed E-state index contributed by atoms with van der Waals surface area (Å²) in [7, 11) is 0. The van der Waals surface area contributed by atoms with Gasteiger partial charge in [-0.15, -0.1) is 0 Å². The lowest BCUT2D eigenvalue weighted by molar-refractivity contribution is 0.627. The normalized spacial score (nSPS) is 11.4. The van der Waals surface area contributed by atoms with Gasteiger partial charge in [0.15, 0.2) is 0 Å². The minimum atomic E-state index is -0.292. The molecule has 92 valence electrons. The van der Waals surface area contributed by atoms with Crippen LogP contribution in [0.1, 0.15) is 12.5 Å². The van der Waals surface area contributed by atoms with Gasteiger partial charge in [-0.1, -0.05) is 12.1 Å². The Morgan fingerprint density at radius 2 is 1.39 bits per heavy atom. The molecule has 0 aliphatic rings. The summed E-state index contributed by atoms with van der Waals surface area (Å²) in [5.41, 5.74) is 5.05. The summed E-state index contributed by atoms with van der Waals surface area (Å²) in [5, 5.41) is 4.15. The molecule has 0 saturated heterocycles. The Kier molecular flexibility index (Phi) is 3.67. The number of nitrogens with zero attached hydrogens (tertiary/aromatic N) is 1. The van der Waals surface area contributed by atoms with Crippen LogP contribution in [0, 0.1) is 11.6 Å². The number of anilines is 1. The van der Waals surface area contributed by atoms with Crippen molar-refractivity contribution >= 4 is 11.4 Å². The lowest BCUT2D eigenvalue weighted by Gasteiger charge is -2.03. The first-order valence-corrected chi connectivity index (χ1v) is 5.47. The second-order valence-electron chi connectivity index (χ2n) is 3.82. The Bertz CT molecular complexity index is 545. The van der Waals surface area contributed by atoms with E-state index in [-0.39, 0.29) is 11.6 Å². The van der Waals surface area contributed by atoms with Crippen LogP contribution >= 0.6 is 0 Å². The van der Waals surface area contributed by atoms with E-state index in [1.807, 2.05) is 6.92 Å². The van der Waals surface area contributed by atoms with Gasteiger partial charge >= 0.3 is 0 Å². The van der Waals surface area contributed by atoms with Gasteiger partial charge in [0, 0.05) is 0 Å². The SMILES string of the molecule is CC(=NNc1ccc(F)cc1)c1ccc(F)cc1. The third-order valence-corrected chi connectivity index (χ3v) is 2.46. The van der Waals surface area contributed by atoms with E-state index in [0.29, 0.717) is 5.69 Å². The van der Waals surface area contributed by atoms with Crippen molar-refractivity contribution < 1.29 is 8.78 Å². The van der Waals surface area contributed by atoms with Crippen LogP contribution < -0.4 is 5.43 Å². The Morgan fingerprint density at radius 1 is 0.889 bits per heavy atom. The topological polar surface area (TPSA) is 24.4 Å². The highest BCUT2D eigenvalue weighted by molar-refractivity contribution is 5.99. The van der Waals surface area contributed by atoms with Gasteiger partial charge in [0.1, 0.15) is 11.6 Å². The van der Waals surface area contributed by atoms with Crippen molar-refractivity contribution in [1.29, 1.82) is 0 Å². The highest BCUT2D eigenvalue weighted by Gasteiger charge is 1.98. The molecule has 2 aromatic carbocycles. The zero-order valence-corrected chi connectivity index (χ0v) is 9.82. The first-order valence-electron chi connectivity index (χ1n) is 5.47. The maximum Gasteiger partial charge on any atom is 0.123 e. The van der Waals surface area contributed by atoms with Crippen LogP contribution in [0.5, 0.6) is 0 Å². The van der Waals surface area contributed by atoms with E-state index >= 15 is 0 Å². The van der Waals surface area contributed by atoms with Gasteiger partial charge in [-0.25, -0.2) is 8.78 Å². The Morgan fingerprint density at radius 3 is 1.94 bits per heavy atom. The predicted octanol–water partition coefficient (Wildman–Crippen LogP) is 3.80. The van der Waals surface area contributed by atoms with Crippen molar-refractivity contribution in [2.75, 3.05) is 5.43 Å². The van der Waals surface area contributed by atoms with E-state index in [9.17, 15) is 8.78 Å². The van der Waals surface area contributed by atoms with Crippen molar-refractivity contribution in [3.8, 4) is 0 Å². The predicted molar refractivity (Wildman–Crippen MR) is 68.6 cm³/mol. The maximum absolute atomic E-state index is 12.7. The van der Waals surface area contributed by atoms with Crippen LogP contribution in [-0.2, 0) is 0 Å². The van der Waals surface area contributed by atoms with Crippen LogP contribution in [0.25, 0.3) is 0 Å². The minimum Gasteiger partial charge on any atom is -0.278 e. The fourth-order valence-electron chi connectivity index (χ4n) is 1.43. The molecule has 4 heteroatoms. The van der Waals surface area contributed by atoms with Gasteiger partial charge in [0.05, 0.1) is 11.4 Å². The minimum absolute atomic E-state index is 0.280. The largest absolute Gasteiger partial charge is 0.278 e. The van der Waals surface area contributed by atoms with Gasteiger partial charge in [0.25, 0.3) is 0 Å². The molecule has 0 bridgehead atoms. The molecule has 2 nitrogen and oxygen atoms in total. The number of benzene rings is 2. The number of hydrogen-bond acceptors (Lipinski definition) is 2. The first kappa shape index (κ1) is 12.2. The van der Waals surface area contributed by atoms with E-state index in [2.05, 4.69) is 10.5 Å². The Hall–Kier alpha value is -2.23. The standard InChI is InChI=1S/C14H12F2N2/c1-10(11-2-4-12(15)5-3-11)17-18-14-8-6-13(16)7-9-14/h2-9,18H,1H3. The average Bonchev–Trinajstić information content (AvgIpc) is 2.38. The number of halogens is 2. The molecule has 0 aliphatic heterocycles. The van der Waals surface area contributed by atoms with Crippen molar-refractivity contribution in [3.05, 3.63) is 65.7 Å². The van der Waals surface area contributed by atoms with E-state index < -0.39 is 0 Å². The van der Waals surface area contributed by atoms with Crippen LogP contribution in [0.15, 0.2) is 53.6 Å². The van der Waals surface area contributed by atoms with Gasteiger partial charge in [-0.2, -0.15) is 5.10 Å². The third kappa shape index (κ3) is 3.13.